The fourth-order valence-electron chi connectivity index (χ4n) is 2.79. The topological polar surface area (TPSA) is 83.9 Å². The van der Waals surface area contributed by atoms with Gasteiger partial charge in [0.2, 0.25) is 0 Å². The maximum Gasteiger partial charge on any atom is 0.494 e. The van der Waals surface area contributed by atoms with Gasteiger partial charge in [0.15, 0.2) is 11.4 Å². The Bertz CT molecular complexity index is 959. The third-order valence-corrected chi connectivity index (χ3v) is 5.23. The van der Waals surface area contributed by atoms with E-state index < -0.39 is 0 Å². The number of imidazole rings is 1. The molecule has 0 unspecified atom stereocenters. The molecule has 0 spiro atoms. The Morgan fingerprint density at radius 1 is 1.00 bits per heavy atom. The molecular formula is C20H21BN4O2. The second kappa shape index (κ2) is 6.70. The van der Waals surface area contributed by atoms with Crippen LogP contribution in [0.15, 0.2) is 24.3 Å². The van der Waals surface area contributed by atoms with Crippen LogP contribution in [0.4, 0.5) is 0 Å². The molecule has 0 saturated carbocycles. The van der Waals surface area contributed by atoms with Crippen LogP contribution in [0, 0.1) is 22.7 Å². The standard InChI is InChI=1S/C20H21BN4O2/c1-19(2)20(3,4)27-21(26-19)15-9-6-14(7-10-15)8-11-18-24-16(12-22)17(13-23)25(18)5/h6-11H,1-5H3/b11-8+. The van der Waals surface area contributed by atoms with Crippen LogP contribution in [0.3, 0.4) is 0 Å². The molecule has 1 aliphatic rings. The molecule has 7 heteroatoms. The molecule has 1 aromatic carbocycles. The van der Waals surface area contributed by atoms with E-state index in [1.54, 1.807) is 17.7 Å². The zero-order valence-electron chi connectivity index (χ0n) is 16.1. The highest BCUT2D eigenvalue weighted by molar-refractivity contribution is 6.62. The fraction of sp³-hybridized carbons (Fsp3) is 0.350. The van der Waals surface area contributed by atoms with Gasteiger partial charge in [-0.15, -0.1) is 0 Å². The van der Waals surface area contributed by atoms with Gasteiger partial charge < -0.3 is 13.9 Å². The van der Waals surface area contributed by atoms with Crippen molar-refractivity contribution in [1.29, 1.82) is 10.5 Å². The van der Waals surface area contributed by atoms with Crippen molar-refractivity contribution in [3.8, 4) is 12.1 Å². The first-order valence-corrected chi connectivity index (χ1v) is 8.69. The van der Waals surface area contributed by atoms with Crippen molar-refractivity contribution >= 4 is 24.7 Å². The predicted octanol–water partition coefficient (Wildman–Crippen LogP) is 2.63. The van der Waals surface area contributed by atoms with Crippen molar-refractivity contribution in [2.75, 3.05) is 0 Å². The van der Waals surface area contributed by atoms with Crippen LogP contribution in [-0.4, -0.2) is 27.9 Å². The molecule has 6 nitrogen and oxygen atoms in total. The molecule has 136 valence electrons. The second-order valence-corrected chi connectivity index (χ2v) is 7.54. The highest BCUT2D eigenvalue weighted by Crippen LogP contribution is 2.36. The second-order valence-electron chi connectivity index (χ2n) is 7.54. The van der Waals surface area contributed by atoms with Gasteiger partial charge in [0, 0.05) is 7.05 Å². The summed E-state index contributed by atoms with van der Waals surface area (Å²) in [6.45, 7) is 8.12. The molecule has 0 amide bonds. The molecule has 1 fully saturated rings. The van der Waals surface area contributed by atoms with E-state index in [1.165, 1.54) is 0 Å². The van der Waals surface area contributed by atoms with Gasteiger partial charge in [-0.1, -0.05) is 30.3 Å². The number of hydrogen-bond donors (Lipinski definition) is 0. The summed E-state index contributed by atoms with van der Waals surface area (Å²) in [5.41, 5.74) is 1.58. The van der Waals surface area contributed by atoms with E-state index in [4.69, 9.17) is 19.8 Å². The number of hydrogen-bond acceptors (Lipinski definition) is 5. The molecule has 3 rings (SSSR count). The van der Waals surface area contributed by atoms with Crippen LogP contribution < -0.4 is 5.46 Å². The number of nitrogens with zero attached hydrogens (tertiary/aromatic N) is 4. The SMILES string of the molecule is Cn1c(/C=C/c2ccc(B3OC(C)(C)C(C)(C)O3)cc2)nc(C#N)c1C#N. The molecule has 0 N–H and O–H groups in total. The lowest BCUT2D eigenvalue weighted by atomic mass is 9.79. The minimum absolute atomic E-state index is 0.135. The van der Waals surface area contributed by atoms with E-state index in [0.29, 0.717) is 5.82 Å². The lowest BCUT2D eigenvalue weighted by Crippen LogP contribution is -2.41. The van der Waals surface area contributed by atoms with Crippen molar-refractivity contribution < 1.29 is 9.31 Å². The summed E-state index contributed by atoms with van der Waals surface area (Å²) in [4.78, 5) is 4.18. The van der Waals surface area contributed by atoms with Crippen LogP contribution in [0.1, 0.15) is 50.5 Å². The zero-order valence-corrected chi connectivity index (χ0v) is 16.1. The molecule has 0 radical (unpaired) electrons. The van der Waals surface area contributed by atoms with Gasteiger partial charge in [-0.3, -0.25) is 0 Å². The van der Waals surface area contributed by atoms with Gasteiger partial charge in [-0.25, -0.2) is 4.98 Å². The smallest absolute Gasteiger partial charge is 0.399 e. The Morgan fingerprint density at radius 3 is 2.07 bits per heavy atom. The van der Waals surface area contributed by atoms with E-state index in [9.17, 15) is 0 Å². The average molecular weight is 360 g/mol. The van der Waals surface area contributed by atoms with E-state index in [2.05, 4.69) is 4.98 Å². The Balaban J connectivity index is 1.78. The molecule has 0 bridgehead atoms. The van der Waals surface area contributed by atoms with Crippen molar-refractivity contribution in [3.05, 3.63) is 47.0 Å². The third-order valence-electron chi connectivity index (χ3n) is 5.23. The first-order chi connectivity index (χ1) is 12.7. The monoisotopic (exact) mass is 360 g/mol. The maximum absolute atomic E-state index is 9.13. The third kappa shape index (κ3) is 3.40. The molecule has 0 atom stereocenters. The highest BCUT2D eigenvalue weighted by atomic mass is 16.7. The minimum Gasteiger partial charge on any atom is -0.399 e. The lowest BCUT2D eigenvalue weighted by molar-refractivity contribution is 0.00578. The maximum atomic E-state index is 9.13. The molecule has 2 heterocycles. The van der Waals surface area contributed by atoms with E-state index >= 15 is 0 Å². The van der Waals surface area contributed by atoms with Crippen molar-refractivity contribution in [2.24, 2.45) is 7.05 Å². The van der Waals surface area contributed by atoms with Crippen LogP contribution in [0.5, 0.6) is 0 Å². The summed E-state index contributed by atoms with van der Waals surface area (Å²) < 4.78 is 13.7. The molecule has 0 aliphatic carbocycles. The van der Waals surface area contributed by atoms with E-state index in [1.807, 2.05) is 70.2 Å². The van der Waals surface area contributed by atoms with Gasteiger partial charge >= 0.3 is 7.12 Å². The Hall–Kier alpha value is -2.87. The molecular weight excluding hydrogens is 339 g/mol. The van der Waals surface area contributed by atoms with Crippen molar-refractivity contribution in [2.45, 2.75) is 38.9 Å². The Morgan fingerprint density at radius 2 is 1.59 bits per heavy atom. The van der Waals surface area contributed by atoms with Gasteiger partial charge in [0.25, 0.3) is 0 Å². The van der Waals surface area contributed by atoms with Gasteiger partial charge in [0.05, 0.1) is 11.2 Å². The first-order valence-electron chi connectivity index (χ1n) is 8.69. The molecule has 27 heavy (non-hydrogen) atoms. The molecule has 1 aromatic heterocycles. The summed E-state index contributed by atoms with van der Waals surface area (Å²) in [5.74, 6) is 0.554. The zero-order chi connectivity index (χ0) is 19.8. The number of nitriles is 2. The van der Waals surface area contributed by atoms with Crippen molar-refractivity contribution in [3.63, 3.8) is 0 Å². The highest BCUT2D eigenvalue weighted by Gasteiger charge is 2.51. The quantitative estimate of drug-likeness (QED) is 0.786. The lowest BCUT2D eigenvalue weighted by Gasteiger charge is -2.32. The molecule has 1 saturated heterocycles. The summed E-state index contributed by atoms with van der Waals surface area (Å²) in [6, 6.07) is 11.8. The van der Waals surface area contributed by atoms with Crippen LogP contribution in [0.25, 0.3) is 12.2 Å². The molecule has 1 aliphatic heterocycles. The van der Waals surface area contributed by atoms with Gasteiger partial charge in [-0.2, -0.15) is 10.5 Å². The largest absolute Gasteiger partial charge is 0.494 e. The van der Waals surface area contributed by atoms with Crippen molar-refractivity contribution in [1.82, 2.24) is 9.55 Å². The summed E-state index contributed by atoms with van der Waals surface area (Å²) in [7, 11) is 1.33. The number of aromatic nitrogens is 2. The number of benzene rings is 1. The summed E-state index contributed by atoms with van der Waals surface area (Å²) in [5, 5.41) is 18.2. The van der Waals surface area contributed by atoms with Crippen LogP contribution >= 0.6 is 0 Å². The van der Waals surface area contributed by atoms with Crippen LogP contribution in [0.2, 0.25) is 0 Å². The fourth-order valence-corrected chi connectivity index (χ4v) is 2.79. The van der Waals surface area contributed by atoms with Gasteiger partial charge in [0.1, 0.15) is 18.0 Å². The Labute approximate surface area is 159 Å². The van der Waals surface area contributed by atoms with Crippen LogP contribution in [-0.2, 0) is 16.4 Å². The summed E-state index contributed by atoms with van der Waals surface area (Å²) in [6.07, 6.45) is 3.67. The predicted molar refractivity (Wildman–Crippen MR) is 104 cm³/mol. The van der Waals surface area contributed by atoms with Gasteiger partial charge in [-0.05, 0) is 44.8 Å². The Kier molecular flexibility index (Phi) is 4.69. The summed E-state index contributed by atoms with van der Waals surface area (Å²) >= 11 is 0. The normalized spacial score (nSPS) is 17.8. The number of rotatable bonds is 3. The average Bonchev–Trinajstić information content (AvgIpc) is 3.05. The minimum atomic E-state index is -0.390. The van der Waals surface area contributed by atoms with E-state index in [0.717, 1.165) is 11.0 Å². The van der Waals surface area contributed by atoms with E-state index in [-0.39, 0.29) is 29.7 Å². The molecule has 2 aromatic rings. The first kappa shape index (κ1) is 18.9.